The third-order valence-corrected chi connectivity index (χ3v) is 5.96. The van der Waals surface area contributed by atoms with Gasteiger partial charge in [0.1, 0.15) is 0 Å². The molecule has 2 saturated heterocycles. The zero-order valence-electron chi connectivity index (χ0n) is 16.1. The zero-order chi connectivity index (χ0) is 18.4. The van der Waals surface area contributed by atoms with E-state index in [9.17, 15) is 9.59 Å². The summed E-state index contributed by atoms with van der Waals surface area (Å²) in [5, 5.41) is 0. The van der Waals surface area contributed by atoms with Gasteiger partial charge in [-0.05, 0) is 42.9 Å². The lowest BCUT2D eigenvalue weighted by molar-refractivity contribution is -0.139. The van der Waals surface area contributed by atoms with Crippen LogP contribution >= 0.6 is 12.4 Å². The Hall–Kier alpha value is -1.59. The molecule has 2 atom stereocenters. The quantitative estimate of drug-likeness (QED) is 0.859. The second-order valence-electron chi connectivity index (χ2n) is 8.27. The van der Waals surface area contributed by atoms with Crippen molar-refractivity contribution in [2.24, 2.45) is 17.1 Å². The van der Waals surface area contributed by atoms with Crippen molar-refractivity contribution in [3.05, 3.63) is 29.3 Å². The molecule has 6 heteroatoms. The summed E-state index contributed by atoms with van der Waals surface area (Å²) >= 11 is 0. The average Bonchev–Trinajstić information content (AvgIpc) is 2.93. The first-order valence-corrected chi connectivity index (χ1v) is 9.11. The molecule has 26 heavy (non-hydrogen) atoms. The van der Waals surface area contributed by atoms with E-state index >= 15 is 0 Å². The predicted molar refractivity (Wildman–Crippen MR) is 107 cm³/mol. The van der Waals surface area contributed by atoms with E-state index in [0.717, 1.165) is 23.2 Å². The molecule has 0 radical (unpaired) electrons. The predicted octanol–water partition coefficient (Wildman–Crippen LogP) is 2.66. The van der Waals surface area contributed by atoms with Crippen molar-refractivity contribution in [2.75, 3.05) is 24.5 Å². The monoisotopic (exact) mass is 379 g/mol. The average molecular weight is 380 g/mol. The molecular weight excluding hydrogens is 350 g/mol. The van der Waals surface area contributed by atoms with Gasteiger partial charge in [0.2, 0.25) is 11.8 Å². The van der Waals surface area contributed by atoms with Crippen molar-refractivity contribution in [1.29, 1.82) is 0 Å². The maximum atomic E-state index is 13.0. The van der Waals surface area contributed by atoms with Gasteiger partial charge >= 0.3 is 0 Å². The zero-order valence-corrected chi connectivity index (χ0v) is 16.9. The highest BCUT2D eigenvalue weighted by molar-refractivity contribution is 6.01. The molecule has 0 aliphatic carbocycles. The number of nitrogens with zero attached hydrogens (tertiary/aromatic N) is 2. The van der Waals surface area contributed by atoms with Crippen molar-refractivity contribution in [3.8, 4) is 0 Å². The van der Waals surface area contributed by atoms with Crippen molar-refractivity contribution in [1.82, 2.24) is 4.90 Å². The first kappa shape index (κ1) is 20.7. The summed E-state index contributed by atoms with van der Waals surface area (Å²) in [4.78, 5) is 29.2. The minimum absolute atomic E-state index is 0. The Labute approximate surface area is 162 Å². The number of hydrogen-bond donors (Lipinski definition) is 1. The van der Waals surface area contributed by atoms with Crippen LogP contribution in [0.1, 0.15) is 37.8 Å². The summed E-state index contributed by atoms with van der Waals surface area (Å²) in [6.45, 7) is 10.1. The minimum Gasteiger partial charge on any atom is -0.342 e. The molecule has 2 aliphatic rings. The number of halogens is 1. The molecule has 0 bridgehead atoms. The van der Waals surface area contributed by atoms with E-state index in [-0.39, 0.29) is 41.6 Å². The largest absolute Gasteiger partial charge is 0.342 e. The van der Waals surface area contributed by atoms with Crippen LogP contribution in [0.2, 0.25) is 0 Å². The number of hydrogen-bond acceptors (Lipinski definition) is 3. The molecule has 2 N–H and O–H groups in total. The first-order chi connectivity index (χ1) is 11.7. The number of amides is 2. The Morgan fingerprint density at radius 2 is 1.96 bits per heavy atom. The fourth-order valence-corrected chi connectivity index (χ4v) is 3.95. The SMILES string of the molecule is Cc1cccc(N2CC(C(=O)N3CCC(N)C(C)(C)C3)CC2=O)c1C.Cl. The minimum atomic E-state index is -0.252. The van der Waals surface area contributed by atoms with Crippen LogP contribution in [0.3, 0.4) is 0 Å². The molecular formula is C20H30ClN3O2. The third kappa shape index (κ3) is 3.74. The Kier molecular flexibility index (Phi) is 6.03. The topological polar surface area (TPSA) is 66.6 Å². The normalized spacial score (nSPS) is 25.2. The van der Waals surface area contributed by atoms with E-state index in [4.69, 9.17) is 5.73 Å². The summed E-state index contributed by atoms with van der Waals surface area (Å²) < 4.78 is 0. The fraction of sp³-hybridized carbons (Fsp3) is 0.600. The second kappa shape index (κ2) is 7.57. The molecule has 1 aromatic carbocycles. The van der Waals surface area contributed by atoms with Gasteiger partial charge in [-0.2, -0.15) is 0 Å². The standard InChI is InChI=1S/C20H29N3O2.ClH/c1-13-6-5-7-16(14(13)2)23-11-15(10-18(23)24)19(25)22-9-8-17(21)20(3,4)12-22;/h5-7,15,17H,8-12,21H2,1-4H3;1H. The molecule has 2 fully saturated rings. The van der Waals surface area contributed by atoms with E-state index in [1.165, 1.54) is 0 Å². The van der Waals surface area contributed by atoms with E-state index in [1.54, 1.807) is 4.90 Å². The summed E-state index contributed by atoms with van der Waals surface area (Å²) in [6.07, 6.45) is 1.12. The number of nitrogens with two attached hydrogens (primary N) is 1. The molecule has 0 spiro atoms. The molecule has 2 heterocycles. The van der Waals surface area contributed by atoms with Crippen LogP contribution in [0.15, 0.2) is 18.2 Å². The smallest absolute Gasteiger partial charge is 0.228 e. The summed E-state index contributed by atoms with van der Waals surface area (Å²) in [5.41, 5.74) is 9.30. The van der Waals surface area contributed by atoms with Gasteiger partial charge in [-0.15, -0.1) is 12.4 Å². The Bertz CT molecular complexity index is 704. The Morgan fingerprint density at radius 3 is 2.62 bits per heavy atom. The number of carbonyl (C=O) groups excluding carboxylic acids is 2. The maximum absolute atomic E-state index is 13.0. The number of benzene rings is 1. The van der Waals surface area contributed by atoms with Crippen LogP contribution < -0.4 is 10.6 Å². The van der Waals surface area contributed by atoms with Crippen LogP contribution in [0.4, 0.5) is 5.69 Å². The van der Waals surface area contributed by atoms with Crippen LogP contribution in [0.25, 0.3) is 0 Å². The molecule has 5 nitrogen and oxygen atoms in total. The molecule has 2 unspecified atom stereocenters. The van der Waals surface area contributed by atoms with Crippen molar-refractivity contribution >= 4 is 29.9 Å². The first-order valence-electron chi connectivity index (χ1n) is 9.11. The van der Waals surface area contributed by atoms with Gasteiger partial charge in [-0.3, -0.25) is 9.59 Å². The van der Waals surface area contributed by atoms with E-state index in [2.05, 4.69) is 13.8 Å². The van der Waals surface area contributed by atoms with Gasteiger partial charge in [0.15, 0.2) is 0 Å². The van der Waals surface area contributed by atoms with E-state index in [1.807, 2.05) is 36.9 Å². The Balaban J connectivity index is 0.00000243. The van der Waals surface area contributed by atoms with Crippen molar-refractivity contribution in [3.63, 3.8) is 0 Å². The number of rotatable bonds is 2. The van der Waals surface area contributed by atoms with Crippen LogP contribution in [-0.4, -0.2) is 42.4 Å². The molecule has 144 valence electrons. The summed E-state index contributed by atoms with van der Waals surface area (Å²) in [7, 11) is 0. The number of piperidine rings is 1. The number of likely N-dealkylation sites (tertiary alicyclic amines) is 1. The van der Waals surface area contributed by atoms with E-state index < -0.39 is 0 Å². The van der Waals surface area contributed by atoms with Gasteiger partial charge in [0.05, 0.1) is 5.92 Å². The lowest BCUT2D eigenvalue weighted by atomic mass is 9.79. The highest BCUT2D eigenvalue weighted by atomic mass is 35.5. The molecule has 0 aromatic heterocycles. The van der Waals surface area contributed by atoms with Crippen LogP contribution in [-0.2, 0) is 9.59 Å². The third-order valence-electron chi connectivity index (χ3n) is 5.96. The number of aryl methyl sites for hydroxylation is 1. The van der Waals surface area contributed by atoms with Crippen LogP contribution in [0, 0.1) is 25.2 Å². The molecule has 2 amide bonds. The van der Waals surface area contributed by atoms with Crippen LogP contribution in [0.5, 0.6) is 0 Å². The number of carbonyl (C=O) groups is 2. The summed E-state index contributed by atoms with van der Waals surface area (Å²) in [6, 6.07) is 6.10. The molecule has 2 aliphatic heterocycles. The number of anilines is 1. The van der Waals surface area contributed by atoms with E-state index in [0.29, 0.717) is 26.1 Å². The molecule has 0 saturated carbocycles. The van der Waals surface area contributed by atoms with Crippen molar-refractivity contribution in [2.45, 2.75) is 46.6 Å². The van der Waals surface area contributed by atoms with Gasteiger partial charge in [0.25, 0.3) is 0 Å². The Morgan fingerprint density at radius 1 is 1.27 bits per heavy atom. The van der Waals surface area contributed by atoms with Gasteiger partial charge < -0.3 is 15.5 Å². The van der Waals surface area contributed by atoms with Gasteiger partial charge in [-0.1, -0.05) is 26.0 Å². The maximum Gasteiger partial charge on any atom is 0.228 e. The fourth-order valence-electron chi connectivity index (χ4n) is 3.95. The summed E-state index contributed by atoms with van der Waals surface area (Å²) in [5.74, 6) is -0.112. The lowest BCUT2D eigenvalue weighted by Gasteiger charge is -2.43. The molecule has 1 aromatic rings. The highest BCUT2D eigenvalue weighted by Gasteiger charge is 2.41. The molecule has 3 rings (SSSR count). The lowest BCUT2D eigenvalue weighted by Crippen LogP contribution is -2.55. The van der Waals surface area contributed by atoms with Gasteiger partial charge in [0, 0.05) is 37.8 Å². The highest BCUT2D eigenvalue weighted by Crippen LogP contribution is 2.33. The second-order valence-corrected chi connectivity index (χ2v) is 8.27. The van der Waals surface area contributed by atoms with Gasteiger partial charge in [-0.25, -0.2) is 0 Å². The van der Waals surface area contributed by atoms with Crippen molar-refractivity contribution < 1.29 is 9.59 Å².